The second-order valence-corrected chi connectivity index (χ2v) is 7.41. The number of nitrogens with one attached hydrogen (secondary N) is 2. The topological polar surface area (TPSA) is 74.3 Å². The minimum absolute atomic E-state index is 0.0225. The van der Waals surface area contributed by atoms with Crippen LogP contribution in [-0.2, 0) is 17.6 Å². The molecule has 0 saturated heterocycles. The van der Waals surface area contributed by atoms with Crippen molar-refractivity contribution in [3.05, 3.63) is 44.9 Å². The van der Waals surface area contributed by atoms with Crippen LogP contribution in [0.15, 0.2) is 24.3 Å². The highest BCUT2D eigenvalue weighted by Crippen LogP contribution is 2.23. The Labute approximate surface area is 156 Å². The van der Waals surface area contributed by atoms with E-state index < -0.39 is 0 Å². The summed E-state index contributed by atoms with van der Waals surface area (Å²) in [6.07, 6.45) is 0.854. The van der Waals surface area contributed by atoms with Gasteiger partial charge in [0.2, 0.25) is 5.91 Å². The van der Waals surface area contributed by atoms with E-state index in [2.05, 4.69) is 15.6 Å². The number of anilines is 1. The zero-order valence-corrected chi connectivity index (χ0v) is 16.0. The van der Waals surface area contributed by atoms with Crippen molar-refractivity contribution in [3.8, 4) is 0 Å². The minimum atomic E-state index is -0.316. The molecule has 1 aromatic heterocycles. The van der Waals surface area contributed by atoms with E-state index in [-0.39, 0.29) is 18.4 Å². The van der Waals surface area contributed by atoms with Crippen molar-refractivity contribution in [2.24, 2.45) is 0 Å². The smallest absolute Gasteiger partial charge is 0.319 e. The molecule has 8 heteroatoms. The molecule has 0 radical (unpaired) electrons. The third-order valence-electron chi connectivity index (χ3n) is 3.51. The van der Waals surface area contributed by atoms with Crippen LogP contribution in [0.25, 0.3) is 0 Å². The van der Waals surface area contributed by atoms with Crippen LogP contribution in [0, 0.1) is 6.92 Å². The summed E-state index contributed by atoms with van der Waals surface area (Å²) in [5.41, 5.74) is 2.22. The fraction of sp³-hybridized carbons (Fsp3) is 0.353. The molecule has 6 nitrogen and oxygen atoms in total. The van der Waals surface area contributed by atoms with Gasteiger partial charge in [-0.25, -0.2) is 9.78 Å². The van der Waals surface area contributed by atoms with E-state index in [9.17, 15) is 9.59 Å². The molecule has 134 valence electrons. The highest BCUT2D eigenvalue weighted by Gasteiger charge is 2.11. The Morgan fingerprint density at radius 3 is 2.64 bits per heavy atom. The lowest BCUT2D eigenvalue weighted by molar-refractivity contribution is -0.127. The second-order valence-electron chi connectivity index (χ2n) is 5.72. The fourth-order valence-corrected chi connectivity index (χ4v) is 3.20. The summed E-state index contributed by atoms with van der Waals surface area (Å²) in [6.45, 7) is 2.31. The number of likely N-dealkylation sites (N-methyl/N-ethyl adjacent to an activating group) is 1. The average Bonchev–Trinajstić information content (AvgIpc) is 2.87. The summed E-state index contributed by atoms with van der Waals surface area (Å²) in [5.74, 6) is -0.0225. The number of amides is 3. The van der Waals surface area contributed by atoms with Gasteiger partial charge >= 0.3 is 6.03 Å². The summed E-state index contributed by atoms with van der Waals surface area (Å²) < 4.78 is 0.680. The average molecular weight is 381 g/mol. The van der Waals surface area contributed by atoms with E-state index in [0.717, 1.165) is 16.3 Å². The van der Waals surface area contributed by atoms with Crippen molar-refractivity contribution in [2.45, 2.75) is 19.8 Å². The lowest BCUT2D eigenvalue weighted by atomic mass is 10.1. The van der Waals surface area contributed by atoms with Crippen molar-refractivity contribution >= 4 is 40.6 Å². The molecule has 0 aliphatic rings. The third-order valence-corrected chi connectivity index (χ3v) is 5.03. The molecule has 0 spiro atoms. The maximum Gasteiger partial charge on any atom is 0.319 e. The molecule has 1 heterocycles. The second kappa shape index (κ2) is 8.82. The minimum Gasteiger partial charge on any atom is -0.349 e. The molecule has 25 heavy (non-hydrogen) atoms. The molecule has 0 aliphatic carbocycles. The molecule has 3 amide bonds. The van der Waals surface area contributed by atoms with Gasteiger partial charge in [-0.1, -0.05) is 29.8 Å². The molecule has 1 aromatic carbocycles. The molecule has 0 bridgehead atoms. The van der Waals surface area contributed by atoms with Crippen molar-refractivity contribution in [2.75, 3.05) is 26.0 Å². The number of hydrogen-bond acceptors (Lipinski definition) is 4. The molecule has 2 N–H and O–H groups in total. The molecule has 0 fully saturated rings. The van der Waals surface area contributed by atoms with Crippen LogP contribution in [0.2, 0.25) is 4.34 Å². The highest BCUT2D eigenvalue weighted by molar-refractivity contribution is 7.16. The van der Waals surface area contributed by atoms with E-state index in [0.29, 0.717) is 23.0 Å². The summed E-state index contributed by atoms with van der Waals surface area (Å²) in [6, 6.07) is 6.96. The van der Waals surface area contributed by atoms with Crippen molar-refractivity contribution in [1.29, 1.82) is 0 Å². The van der Waals surface area contributed by atoms with Gasteiger partial charge in [0.05, 0.1) is 17.1 Å². The number of benzene rings is 1. The zero-order valence-electron chi connectivity index (χ0n) is 14.4. The Bertz CT molecular complexity index is 741. The van der Waals surface area contributed by atoms with Gasteiger partial charge in [-0.05, 0) is 18.6 Å². The largest absolute Gasteiger partial charge is 0.349 e. The Balaban J connectivity index is 1.88. The number of halogens is 1. The van der Waals surface area contributed by atoms with Crippen LogP contribution >= 0.6 is 22.9 Å². The van der Waals surface area contributed by atoms with Crippen LogP contribution in [0.5, 0.6) is 0 Å². The standard InChI is InChI=1S/C17H21ClN4O2S/c1-11-16(18)25-14(20-11)8-9-19-17(24)21-13-7-5-4-6-12(13)10-15(23)22(2)3/h4-7H,8-10H2,1-3H3,(H2,19,21,24). The SMILES string of the molecule is Cc1nc(CCNC(=O)Nc2ccccc2CC(=O)N(C)C)sc1Cl. The van der Waals surface area contributed by atoms with E-state index >= 15 is 0 Å². The lowest BCUT2D eigenvalue weighted by Crippen LogP contribution is -2.31. The molecular formula is C17H21ClN4O2S. The van der Waals surface area contributed by atoms with Gasteiger partial charge in [-0.15, -0.1) is 11.3 Å². The molecule has 2 aromatic rings. The van der Waals surface area contributed by atoms with Crippen LogP contribution in [0.3, 0.4) is 0 Å². The number of thiazole rings is 1. The van der Waals surface area contributed by atoms with Crippen LogP contribution in [0.1, 0.15) is 16.3 Å². The van der Waals surface area contributed by atoms with E-state index in [1.54, 1.807) is 20.2 Å². The number of para-hydroxylation sites is 1. The zero-order chi connectivity index (χ0) is 18.4. The molecular weight excluding hydrogens is 360 g/mol. The Morgan fingerprint density at radius 2 is 2.00 bits per heavy atom. The van der Waals surface area contributed by atoms with Gasteiger partial charge in [-0.3, -0.25) is 4.79 Å². The van der Waals surface area contributed by atoms with Crippen LogP contribution in [-0.4, -0.2) is 42.5 Å². The monoisotopic (exact) mass is 380 g/mol. The summed E-state index contributed by atoms with van der Waals surface area (Å²) >= 11 is 7.41. The normalized spacial score (nSPS) is 10.4. The van der Waals surface area contributed by atoms with Gasteiger partial charge in [0.1, 0.15) is 4.34 Å². The number of aryl methyl sites for hydroxylation is 1. The van der Waals surface area contributed by atoms with Crippen LogP contribution in [0.4, 0.5) is 10.5 Å². The van der Waals surface area contributed by atoms with E-state index in [1.807, 2.05) is 25.1 Å². The van der Waals surface area contributed by atoms with E-state index in [4.69, 9.17) is 11.6 Å². The fourth-order valence-electron chi connectivity index (χ4n) is 2.10. The third kappa shape index (κ3) is 5.72. The number of carbonyl (C=O) groups excluding carboxylic acids is 2. The van der Waals surface area contributed by atoms with Crippen LogP contribution < -0.4 is 10.6 Å². The summed E-state index contributed by atoms with van der Waals surface area (Å²) in [5, 5.41) is 6.47. The number of hydrogen-bond donors (Lipinski definition) is 2. The number of rotatable bonds is 6. The Morgan fingerprint density at radius 1 is 1.28 bits per heavy atom. The number of nitrogens with zero attached hydrogens (tertiary/aromatic N) is 2. The Kier molecular flexibility index (Phi) is 6.78. The number of carbonyl (C=O) groups is 2. The van der Waals surface area contributed by atoms with Gasteiger partial charge in [0.25, 0.3) is 0 Å². The molecule has 0 saturated carbocycles. The predicted octanol–water partition coefficient (Wildman–Crippen LogP) is 3.10. The van der Waals surface area contributed by atoms with E-state index in [1.165, 1.54) is 16.2 Å². The molecule has 0 atom stereocenters. The van der Waals surface area contributed by atoms with Gasteiger partial charge < -0.3 is 15.5 Å². The van der Waals surface area contributed by atoms with Gasteiger partial charge in [0.15, 0.2) is 0 Å². The predicted molar refractivity (Wildman–Crippen MR) is 101 cm³/mol. The lowest BCUT2D eigenvalue weighted by Gasteiger charge is -2.14. The maximum absolute atomic E-state index is 12.1. The highest BCUT2D eigenvalue weighted by atomic mass is 35.5. The first kappa shape index (κ1) is 19.2. The summed E-state index contributed by atoms with van der Waals surface area (Å²) in [4.78, 5) is 29.8. The molecule has 0 unspecified atom stereocenters. The van der Waals surface area contributed by atoms with Gasteiger partial charge in [0, 0.05) is 32.7 Å². The molecule has 0 aliphatic heterocycles. The maximum atomic E-state index is 12.1. The summed E-state index contributed by atoms with van der Waals surface area (Å²) in [7, 11) is 3.41. The van der Waals surface area contributed by atoms with Crippen molar-refractivity contribution < 1.29 is 9.59 Å². The van der Waals surface area contributed by atoms with Crippen molar-refractivity contribution in [1.82, 2.24) is 15.2 Å². The first-order chi connectivity index (χ1) is 11.9. The van der Waals surface area contributed by atoms with Crippen molar-refractivity contribution in [3.63, 3.8) is 0 Å². The number of aromatic nitrogens is 1. The first-order valence-corrected chi connectivity index (χ1v) is 9.01. The van der Waals surface area contributed by atoms with Gasteiger partial charge in [-0.2, -0.15) is 0 Å². The molecule has 2 rings (SSSR count). The quantitative estimate of drug-likeness (QED) is 0.808. The first-order valence-electron chi connectivity index (χ1n) is 7.81. The Hall–Kier alpha value is -2.12. The number of urea groups is 1.